The Morgan fingerprint density at radius 2 is 2.00 bits per heavy atom. The van der Waals surface area contributed by atoms with Crippen molar-refractivity contribution in [1.82, 2.24) is 14.8 Å². The van der Waals surface area contributed by atoms with E-state index in [1.54, 1.807) is 12.1 Å². The predicted molar refractivity (Wildman–Crippen MR) is 61.7 cm³/mol. The van der Waals surface area contributed by atoms with Gasteiger partial charge in [-0.3, -0.25) is 0 Å². The van der Waals surface area contributed by atoms with E-state index in [0.717, 1.165) is 36.6 Å². The van der Waals surface area contributed by atoms with Crippen molar-refractivity contribution in [2.45, 2.75) is 25.4 Å². The first kappa shape index (κ1) is 10.4. The van der Waals surface area contributed by atoms with Crippen LogP contribution < -0.4 is 5.73 Å². The molecular formula is C12H13FN4. The Balaban J connectivity index is 2.04. The third-order valence-corrected chi connectivity index (χ3v) is 3.09. The summed E-state index contributed by atoms with van der Waals surface area (Å²) in [6.45, 7) is 0.731. The third-order valence-electron chi connectivity index (χ3n) is 3.09. The first-order chi connectivity index (χ1) is 8.24. The Hall–Kier alpha value is -1.75. The summed E-state index contributed by atoms with van der Waals surface area (Å²) in [5.74, 6) is 1.49. The van der Waals surface area contributed by atoms with E-state index in [9.17, 15) is 4.39 Å². The zero-order valence-electron chi connectivity index (χ0n) is 9.31. The van der Waals surface area contributed by atoms with Crippen LogP contribution >= 0.6 is 0 Å². The molecule has 1 unspecified atom stereocenters. The average molecular weight is 232 g/mol. The van der Waals surface area contributed by atoms with Gasteiger partial charge in [-0.2, -0.15) is 0 Å². The largest absolute Gasteiger partial charge is 0.326 e. The van der Waals surface area contributed by atoms with Gasteiger partial charge in [-0.15, -0.1) is 10.2 Å². The third kappa shape index (κ3) is 1.82. The van der Waals surface area contributed by atoms with Crippen LogP contribution in [0.1, 0.15) is 12.2 Å². The van der Waals surface area contributed by atoms with Crippen molar-refractivity contribution in [3.05, 3.63) is 35.9 Å². The summed E-state index contributed by atoms with van der Waals surface area (Å²) in [5.41, 5.74) is 6.82. The van der Waals surface area contributed by atoms with E-state index < -0.39 is 0 Å². The number of nitrogens with zero attached hydrogens (tertiary/aromatic N) is 3. The molecule has 88 valence electrons. The standard InChI is InChI=1S/C12H13FN4/c13-9-3-1-8(2-4-9)12-16-15-11-6-5-10(14)7-17(11)12/h1-4,10H,5-7,14H2. The van der Waals surface area contributed by atoms with Crippen LogP contribution in [0.2, 0.25) is 0 Å². The maximum Gasteiger partial charge on any atom is 0.164 e. The first-order valence-electron chi connectivity index (χ1n) is 5.67. The van der Waals surface area contributed by atoms with Crippen molar-refractivity contribution in [2.75, 3.05) is 0 Å². The lowest BCUT2D eigenvalue weighted by atomic mass is 10.1. The molecule has 2 heterocycles. The summed E-state index contributed by atoms with van der Waals surface area (Å²) in [4.78, 5) is 0. The van der Waals surface area contributed by atoms with E-state index in [0.29, 0.717) is 0 Å². The van der Waals surface area contributed by atoms with Gasteiger partial charge in [0.2, 0.25) is 0 Å². The summed E-state index contributed by atoms with van der Waals surface area (Å²) in [6.07, 6.45) is 1.80. The van der Waals surface area contributed by atoms with E-state index in [1.165, 1.54) is 12.1 Å². The van der Waals surface area contributed by atoms with Crippen LogP contribution in [0.5, 0.6) is 0 Å². The fourth-order valence-corrected chi connectivity index (χ4v) is 2.16. The minimum Gasteiger partial charge on any atom is -0.326 e. The molecule has 0 fully saturated rings. The highest BCUT2D eigenvalue weighted by Crippen LogP contribution is 2.22. The fourth-order valence-electron chi connectivity index (χ4n) is 2.16. The molecule has 0 amide bonds. The lowest BCUT2D eigenvalue weighted by molar-refractivity contribution is 0.456. The van der Waals surface area contributed by atoms with Crippen LogP contribution in [0.25, 0.3) is 11.4 Å². The molecule has 1 aliphatic rings. The maximum atomic E-state index is 12.9. The lowest BCUT2D eigenvalue weighted by Crippen LogP contribution is -2.32. The lowest BCUT2D eigenvalue weighted by Gasteiger charge is -2.20. The molecule has 2 aromatic rings. The van der Waals surface area contributed by atoms with Crippen molar-refractivity contribution in [3.8, 4) is 11.4 Å². The number of hydrogen-bond acceptors (Lipinski definition) is 3. The number of nitrogens with two attached hydrogens (primary N) is 1. The number of hydrogen-bond donors (Lipinski definition) is 1. The topological polar surface area (TPSA) is 56.7 Å². The fraction of sp³-hybridized carbons (Fsp3) is 0.333. The number of benzene rings is 1. The van der Waals surface area contributed by atoms with Crippen molar-refractivity contribution >= 4 is 0 Å². The first-order valence-corrected chi connectivity index (χ1v) is 5.67. The van der Waals surface area contributed by atoms with E-state index in [-0.39, 0.29) is 11.9 Å². The Bertz CT molecular complexity index is 532. The number of aryl methyl sites for hydroxylation is 1. The molecule has 0 aliphatic carbocycles. The molecule has 1 atom stereocenters. The number of fused-ring (bicyclic) bond motifs is 1. The molecule has 0 radical (unpaired) electrons. The molecule has 5 heteroatoms. The van der Waals surface area contributed by atoms with E-state index in [4.69, 9.17) is 5.73 Å². The van der Waals surface area contributed by atoms with Crippen molar-refractivity contribution in [2.24, 2.45) is 5.73 Å². The number of aromatic nitrogens is 3. The van der Waals surface area contributed by atoms with Gasteiger partial charge in [-0.25, -0.2) is 4.39 Å². The molecule has 1 aromatic heterocycles. The van der Waals surface area contributed by atoms with Gasteiger partial charge >= 0.3 is 0 Å². The maximum absolute atomic E-state index is 12.9. The minimum atomic E-state index is -0.246. The highest BCUT2D eigenvalue weighted by Gasteiger charge is 2.20. The highest BCUT2D eigenvalue weighted by molar-refractivity contribution is 5.55. The summed E-state index contributed by atoms with van der Waals surface area (Å²) >= 11 is 0. The van der Waals surface area contributed by atoms with Gasteiger partial charge in [0.25, 0.3) is 0 Å². The molecular weight excluding hydrogens is 219 g/mol. The second-order valence-electron chi connectivity index (χ2n) is 4.36. The van der Waals surface area contributed by atoms with Gasteiger partial charge in [-0.05, 0) is 30.7 Å². The van der Waals surface area contributed by atoms with Gasteiger partial charge in [0, 0.05) is 24.6 Å². The zero-order chi connectivity index (χ0) is 11.8. The van der Waals surface area contributed by atoms with Crippen LogP contribution in [0.4, 0.5) is 4.39 Å². The van der Waals surface area contributed by atoms with E-state index >= 15 is 0 Å². The van der Waals surface area contributed by atoms with Gasteiger partial charge in [-0.1, -0.05) is 0 Å². The molecule has 2 N–H and O–H groups in total. The quantitative estimate of drug-likeness (QED) is 0.807. The van der Waals surface area contributed by atoms with Crippen LogP contribution in [-0.2, 0) is 13.0 Å². The number of halogens is 1. The zero-order valence-corrected chi connectivity index (χ0v) is 9.31. The summed E-state index contributed by atoms with van der Waals surface area (Å²) in [7, 11) is 0. The van der Waals surface area contributed by atoms with Crippen LogP contribution in [-0.4, -0.2) is 20.8 Å². The average Bonchev–Trinajstić information content (AvgIpc) is 2.73. The number of rotatable bonds is 1. The van der Waals surface area contributed by atoms with Gasteiger partial charge in [0.15, 0.2) is 5.82 Å². The summed E-state index contributed by atoms with van der Waals surface area (Å²) in [5, 5.41) is 8.32. The summed E-state index contributed by atoms with van der Waals surface area (Å²) < 4.78 is 14.9. The van der Waals surface area contributed by atoms with Crippen molar-refractivity contribution < 1.29 is 4.39 Å². The molecule has 0 saturated carbocycles. The molecule has 1 aromatic carbocycles. The predicted octanol–water partition coefficient (Wildman–Crippen LogP) is 1.36. The molecule has 3 rings (SSSR count). The summed E-state index contributed by atoms with van der Waals surface area (Å²) in [6, 6.07) is 6.44. The smallest absolute Gasteiger partial charge is 0.164 e. The monoisotopic (exact) mass is 232 g/mol. The van der Waals surface area contributed by atoms with Crippen molar-refractivity contribution in [1.29, 1.82) is 0 Å². The van der Waals surface area contributed by atoms with E-state index in [2.05, 4.69) is 10.2 Å². The molecule has 4 nitrogen and oxygen atoms in total. The highest BCUT2D eigenvalue weighted by atomic mass is 19.1. The molecule has 17 heavy (non-hydrogen) atoms. The van der Waals surface area contributed by atoms with Crippen LogP contribution in [0, 0.1) is 5.82 Å². The molecule has 0 saturated heterocycles. The Morgan fingerprint density at radius 1 is 1.24 bits per heavy atom. The second kappa shape index (κ2) is 3.92. The molecule has 0 spiro atoms. The Morgan fingerprint density at radius 3 is 2.76 bits per heavy atom. The normalized spacial score (nSPS) is 19.1. The minimum absolute atomic E-state index is 0.151. The molecule has 1 aliphatic heterocycles. The second-order valence-corrected chi connectivity index (χ2v) is 4.36. The van der Waals surface area contributed by atoms with Gasteiger partial charge < -0.3 is 10.3 Å². The van der Waals surface area contributed by atoms with Crippen molar-refractivity contribution in [3.63, 3.8) is 0 Å². The Kier molecular flexibility index (Phi) is 2.40. The Labute approximate surface area is 98.3 Å². The SMILES string of the molecule is NC1CCc2nnc(-c3ccc(F)cc3)n2C1. The van der Waals surface area contributed by atoms with Crippen LogP contribution in [0.15, 0.2) is 24.3 Å². The van der Waals surface area contributed by atoms with Crippen LogP contribution in [0.3, 0.4) is 0 Å². The van der Waals surface area contributed by atoms with Gasteiger partial charge in [0.1, 0.15) is 11.6 Å². The molecule has 0 bridgehead atoms. The van der Waals surface area contributed by atoms with E-state index in [1.807, 2.05) is 4.57 Å². The van der Waals surface area contributed by atoms with Gasteiger partial charge in [0.05, 0.1) is 0 Å².